The number of carbonyl (C=O) groups is 2. The molecular weight excluding hydrogens is 254 g/mol. The van der Waals surface area contributed by atoms with E-state index in [0.717, 1.165) is 11.1 Å². The van der Waals surface area contributed by atoms with Crippen LogP contribution in [0.15, 0.2) is 42.7 Å². The van der Waals surface area contributed by atoms with Gasteiger partial charge in [-0.1, -0.05) is 24.3 Å². The minimum Gasteiger partial charge on any atom is -0.326 e. The molecule has 1 aliphatic heterocycles. The fourth-order valence-corrected chi connectivity index (χ4v) is 2.32. The fourth-order valence-electron chi connectivity index (χ4n) is 2.32. The van der Waals surface area contributed by atoms with Crippen molar-refractivity contribution in [2.24, 2.45) is 5.73 Å². The van der Waals surface area contributed by atoms with Crippen molar-refractivity contribution in [1.29, 1.82) is 0 Å². The summed E-state index contributed by atoms with van der Waals surface area (Å²) in [7, 11) is 0. The standard InChI is InChI=1S/C15H13N3O2/c16-7-10-2-1-3-11(6-10)9-18-14(19)12-4-5-17-8-13(12)15(18)20/h1-6,8H,7,9,16H2. The number of fused-ring (bicyclic) bond motifs is 1. The summed E-state index contributed by atoms with van der Waals surface area (Å²) in [6, 6.07) is 9.14. The molecule has 3 rings (SSSR count). The molecule has 100 valence electrons. The Balaban J connectivity index is 1.89. The molecule has 0 bridgehead atoms. The van der Waals surface area contributed by atoms with Crippen LogP contribution in [-0.2, 0) is 13.1 Å². The van der Waals surface area contributed by atoms with Crippen LogP contribution in [0.2, 0.25) is 0 Å². The lowest BCUT2D eigenvalue weighted by molar-refractivity contribution is 0.0642. The lowest BCUT2D eigenvalue weighted by Crippen LogP contribution is -2.29. The molecule has 0 saturated carbocycles. The monoisotopic (exact) mass is 267 g/mol. The van der Waals surface area contributed by atoms with Gasteiger partial charge in [-0.15, -0.1) is 0 Å². The molecular formula is C15H13N3O2. The molecule has 0 fully saturated rings. The van der Waals surface area contributed by atoms with Crippen LogP contribution in [0.5, 0.6) is 0 Å². The van der Waals surface area contributed by atoms with Crippen molar-refractivity contribution < 1.29 is 9.59 Å². The normalized spacial score (nSPS) is 13.8. The highest BCUT2D eigenvalue weighted by atomic mass is 16.2. The lowest BCUT2D eigenvalue weighted by atomic mass is 10.1. The third-order valence-electron chi connectivity index (χ3n) is 3.34. The smallest absolute Gasteiger partial charge is 0.263 e. The quantitative estimate of drug-likeness (QED) is 0.851. The third-order valence-corrected chi connectivity index (χ3v) is 3.34. The largest absolute Gasteiger partial charge is 0.326 e. The maximum atomic E-state index is 12.2. The average molecular weight is 267 g/mol. The van der Waals surface area contributed by atoms with Gasteiger partial charge in [0, 0.05) is 18.9 Å². The van der Waals surface area contributed by atoms with Crippen LogP contribution in [0, 0.1) is 0 Å². The van der Waals surface area contributed by atoms with E-state index >= 15 is 0 Å². The van der Waals surface area contributed by atoms with Crippen molar-refractivity contribution in [3.05, 3.63) is 65.0 Å². The molecule has 2 aromatic rings. The number of amides is 2. The molecule has 2 amide bonds. The number of hydrogen-bond donors (Lipinski definition) is 1. The van der Waals surface area contributed by atoms with Gasteiger partial charge in [-0.3, -0.25) is 19.5 Å². The molecule has 2 N–H and O–H groups in total. The Kier molecular flexibility index (Phi) is 3.04. The number of rotatable bonds is 3. The highest BCUT2D eigenvalue weighted by Gasteiger charge is 2.35. The Bertz CT molecular complexity index is 662. The van der Waals surface area contributed by atoms with Crippen LogP contribution in [0.1, 0.15) is 31.8 Å². The molecule has 0 atom stereocenters. The van der Waals surface area contributed by atoms with E-state index in [4.69, 9.17) is 5.73 Å². The zero-order valence-corrected chi connectivity index (χ0v) is 10.7. The van der Waals surface area contributed by atoms with Crippen molar-refractivity contribution in [2.75, 3.05) is 0 Å². The van der Waals surface area contributed by atoms with Crippen LogP contribution in [0.4, 0.5) is 0 Å². The lowest BCUT2D eigenvalue weighted by Gasteiger charge is -2.14. The van der Waals surface area contributed by atoms with E-state index in [0.29, 0.717) is 17.7 Å². The Hall–Kier alpha value is -2.53. The maximum absolute atomic E-state index is 12.2. The second-order valence-electron chi connectivity index (χ2n) is 4.64. The fraction of sp³-hybridized carbons (Fsp3) is 0.133. The Morgan fingerprint density at radius 1 is 1.05 bits per heavy atom. The summed E-state index contributed by atoms with van der Waals surface area (Å²) in [5.41, 5.74) is 8.24. The van der Waals surface area contributed by atoms with Gasteiger partial charge >= 0.3 is 0 Å². The number of aromatic nitrogens is 1. The minimum atomic E-state index is -0.295. The Labute approximate surface area is 116 Å². The maximum Gasteiger partial charge on any atom is 0.263 e. The van der Waals surface area contributed by atoms with Crippen molar-refractivity contribution in [3.63, 3.8) is 0 Å². The van der Waals surface area contributed by atoms with Gasteiger partial charge in [0.2, 0.25) is 0 Å². The molecule has 0 saturated heterocycles. The zero-order chi connectivity index (χ0) is 14.1. The van der Waals surface area contributed by atoms with E-state index in [9.17, 15) is 9.59 Å². The summed E-state index contributed by atoms with van der Waals surface area (Å²) in [6.07, 6.45) is 2.95. The molecule has 0 radical (unpaired) electrons. The van der Waals surface area contributed by atoms with Crippen LogP contribution in [0.25, 0.3) is 0 Å². The summed E-state index contributed by atoms with van der Waals surface area (Å²) in [6.45, 7) is 0.681. The molecule has 0 unspecified atom stereocenters. The van der Waals surface area contributed by atoms with Crippen molar-refractivity contribution in [3.8, 4) is 0 Å². The topological polar surface area (TPSA) is 76.3 Å². The van der Waals surface area contributed by atoms with E-state index < -0.39 is 0 Å². The molecule has 0 aliphatic carbocycles. The molecule has 1 aromatic carbocycles. The number of hydrogen-bond acceptors (Lipinski definition) is 4. The van der Waals surface area contributed by atoms with Gasteiger partial charge in [0.25, 0.3) is 11.8 Å². The molecule has 1 aliphatic rings. The molecule has 20 heavy (non-hydrogen) atoms. The third kappa shape index (κ3) is 1.98. The molecule has 2 heterocycles. The van der Waals surface area contributed by atoms with E-state index in [-0.39, 0.29) is 18.4 Å². The molecule has 5 heteroatoms. The van der Waals surface area contributed by atoms with Crippen LogP contribution < -0.4 is 5.73 Å². The number of nitrogens with zero attached hydrogens (tertiary/aromatic N) is 2. The van der Waals surface area contributed by atoms with Gasteiger partial charge in [-0.2, -0.15) is 0 Å². The number of pyridine rings is 1. The average Bonchev–Trinajstić information content (AvgIpc) is 2.73. The SMILES string of the molecule is NCc1cccc(CN2C(=O)c3ccncc3C2=O)c1. The van der Waals surface area contributed by atoms with Gasteiger partial charge in [0.15, 0.2) is 0 Å². The van der Waals surface area contributed by atoms with Gasteiger partial charge in [-0.25, -0.2) is 0 Å². The highest BCUT2D eigenvalue weighted by molar-refractivity contribution is 6.21. The summed E-state index contributed by atoms with van der Waals surface area (Å²) in [5, 5.41) is 0. The zero-order valence-electron chi connectivity index (χ0n) is 10.7. The molecule has 1 aromatic heterocycles. The highest BCUT2D eigenvalue weighted by Crippen LogP contribution is 2.23. The van der Waals surface area contributed by atoms with Gasteiger partial charge in [0.1, 0.15) is 0 Å². The minimum absolute atomic E-state index is 0.250. The van der Waals surface area contributed by atoms with Gasteiger partial charge in [0.05, 0.1) is 17.7 Å². The molecule has 5 nitrogen and oxygen atoms in total. The Morgan fingerprint density at radius 3 is 2.55 bits per heavy atom. The summed E-state index contributed by atoms with van der Waals surface area (Å²) < 4.78 is 0. The van der Waals surface area contributed by atoms with Crippen molar-refractivity contribution in [2.45, 2.75) is 13.1 Å². The summed E-state index contributed by atoms with van der Waals surface area (Å²) in [4.78, 5) is 29.6. The van der Waals surface area contributed by atoms with Crippen LogP contribution in [-0.4, -0.2) is 21.7 Å². The van der Waals surface area contributed by atoms with Crippen LogP contribution >= 0.6 is 0 Å². The van der Waals surface area contributed by atoms with Crippen molar-refractivity contribution >= 4 is 11.8 Å². The van der Waals surface area contributed by atoms with E-state index in [1.165, 1.54) is 17.3 Å². The van der Waals surface area contributed by atoms with E-state index in [1.807, 2.05) is 24.3 Å². The Morgan fingerprint density at radius 2 is 1.80 bits per heavy atom. The second kappa shape index (κ2) is 4.86. The van der Waals surface area contributed by atoms with Gasteiger partial charge < -0.3 is 5.73 Å². The first-order valence-electron chi connectivity index (χ1n) is 6.29. The number of carbonyl (C=O) groups excluding carboxylic acids is 2. The predicted molar refractivity (Wildman–Crippen MR) is 72.8 cm³/mol. The first kappa shape index (κ1) is 12.5. The van der Waals surface area contributed by atoms with Crippen molar-refractivity contribution in [1.82, 2.24) is 9.88 Å². The summed E-state index contributed by atoms with van der Waals surface area (Å²) in [5.74, 6) is -0.568. The summed E-state index contributed by atoms with van der Waals surface area (Å²) >= 11 is 0. The van der Waals surface area contributed by atoms with E-state index in [1.54, 1.807) is 6.07 Å². The van der Waals surface area contributed by atoms with Gasteiger partial charge in [-0.05, 0) is 17.2 Å². The van der Waals surface area contributed by atoms with E-state index in [2.05, 4.69) is 4.98 Å². The number of imide groups is 1. The van der Waals surface area contributed by atoms with Crippen LogP contribution in [0.3, 0.4) is 0 Å². The number of nitrogens with two attached hydrogens (primary N) is 1. The first-order chi connectivity index (χ1) is 9.70. The molecule has 0 spiro atoms. The first-order valence-corrected chi connectivity index (χ1v) is 6.29. The number of benzene rings is 1. The second-order valence-corrected chi connectivity index (χ2v) is 4.64. The predicted octanol–water partition coefficient (Wildman–Crippen LogP) is 1.34.